The molecule has 0 aliphatic carbocycles. The van der Waals surface area contributed by atoms with Crippen molar-refractivity contribution < 1.29 is 17.9 Å². The largest absolute Gasteiger partial charge is 0.497 e. The molecule has 174 valence electrons. The standard InChI is InChI=1S/C26H30N2O4S/c1-19-14-20(2)26(21(3)15-19)33(30,31)28(17-23-8-6-5-7-9-23)18-25(29)27-16-22-10-12-24(32-4)13-11-22/h5-15H,16-18H2,1-4H3,(H,27,29). The normalized spacial score (nSPS) is 11.4. The second kappa shape index (κ2) is 10.6. The van der Waals surface area contributed by atoms with E-state index in [9.17, 15) is 13.2 Å². The number of hydrogen-bond acceptors (Lipinski definition) is 4. The van der Waals surface area contributed by atoms with Gasteiger partial charge in [-0.25, -0.2) is 8.42 Å². The van der Waals surface area contributed by atoms with Crippen LogP contribution in [-0.2, 0) is 27.9 Å². The summed E-state index contributed by atoms with van der Waals surface area (Å²) in [7, 11) is -2.32. The summed E-state index contributed by atoms with van der Waals surface area (Å²) in [6.45, 7) is 5.63. The van der Waals surface area contributed by atoms with E-state index in [1.54, 1.807) is 21.0 Å². The van der Waals surface area contributed by atoms with E-state index in [0.29, 0.717) is 17.7 Å². The molecule has 0 saturated carbocycles. The molecule has 0 aromatic heterocycles. The van der Waals surface area contributed by atoms with Crippen molar-refractivity contribution in [2.45, 2.75) is 38.8 Å². The molecular weight excluding hydrogens is 436 g/mol. The Hall–Kier alpha value is -3.16. The van der Waals surface area contributed by atoms with Crippen molar-refractivity contribution in [1.82, 2.24) is 9.62 Å². The van der Waals surface area contributed by atoms with Crippen LogP contribution in [0.4, 0.5) is 0 Å². The third-order valence-electron chi connectivity index (χ3n) is 5.37. The molecule has 7 heteroatoms. The molecule has 3 aromatic carbocycles. The van der Waals surface area contributed by atoms with Crippen LogP contribution in [0, 0.1) is 20.8 Å². The van der Waals surface area contributed by atoms with E-state index in [2.05, 4.69) is 5.32 Å². The minimum atomic E-state index is -3.91. The van der Waals surface area contributed by atoms with Gasteiger partial charge in [0.15, 0.2) is 0 Å². The Morgan fingerprint density at radius 1 is 0.909 bits per heavy atom. The Balaban J connectivity index is 1.84. The van der Waals surface area contributed by atoms with Gasteiger partial charge in [0.2, 0.25) is 15.9 Å². The fraction of sp³-hybridized carbons (Fsp3) is 0.269. The van der Waals surface area contributed by atoms with Crippen molar-refractivity contribution in [3.05, 3.63) is 94.5 Å². The first-order valence-electron chi connectivity index (χ1n) is 10.7. The summed E-state index contributed by atoms with van der Waals surface area (Å²) in [6, 6.07) is 20.3. The third-order valence-corrected chi connectivity index (χ3v) is 7.47. The van der Waals surface area contributed by atoms with E-state index in [4.69, 9.17) is 4.74 Å². The molecule has 33 heavy (non-hydrogen) atoms. The van der Waals surface area contributed by atoms with Gasteiger partial charge in [-0.2, -0.15) is 4.31 Å². The average molecular weight is 467 g/mol. The zero-order valence-electron chi connectivity index (χ0n) is 19.5. The van der Waals surface area contributed by atoms with Crippen LogP contribution in [0.25, 0.3) is 0 Å². The van der Waals surface area contributed by atoms with Crippen molar-refractivity contribution in [1.29, 1.82) is 0 Å². The lowest BCUT2D eigenvalue weighted by Crippen LogP contribution is -2.40. The van der Waals surface area contributed by atoms with Crippen LogP contribution in [0.5, 0.6) is 5.75 Å². The van der Waals surface area contributed by atoms with Gasteiger partial charge in [0, 0.05) is 13.1 Å². The van der Waals surface area contributed by atoms with Crippen LogP contribution in [0.2, 0.25) is 0 Å². The zero-order valence-corrected chi connectivity index (χ0v) is 20.3. The molecule has 0 saturated heterocycles. The second-order valence-electron chi connectivity index (χ2n) is 8.11. The molecule has 0 fully saturated rings. The fourth-order valence-electron chi connectivity index (χ4n) is 3.88. The summed E-state index contributed by atoms with van der Waals surface area (Å²) in [5.41, 5.74) is 4.04. The number of hydrogen-bond donors (Lipinski definition) is 1. The van der Waals surface area contributed by atoms with E-state index >= 15 is 0 Å². The van der Waals surface area contributed by atoms with Gasteiger partial charge < -0.3 is 10.1 Å². The molecule has 6 nitrogen and oxygen atoms in total. The Kier molecular flexibility index (Phi) is 7.89. The first-order valence-corrected chi connectivity index (χ1v) is 12.2. The van der Waals surface area contributed by atoms with Gasteiger partial charge in [-0.3, -0.25) is 4.79 Å². The number of methoxy groups -OCH3 is 1. The number of rotatable bonds is 9. The molecule has 3 rings (SSSR count). The van der Waals surface area contributed by atoms with Gasteiger partial charge in [0.25, 0.3) is 0 Å². The van der Waals surface area contributed by atoms with Crippen LogP contribution in [0.1, 0.15) is 27.8 Å². The van der Waals surface area contributed by atoms with Crippen molar-refractivity contribution >= 4 is 15.9 Å². The average Bonchev–Trinajstić information content (AvgIpc) is 2.77. The van der Waals surface area contributed by atoms with E-state index in [-0.39, 0.29) is 23.9 Å². The topological polar surface area (TPSA) is 75.7 Å². The highest BCUT2D eigenvalue weighted by atomic mass is 32.2. The number of ether oxygens (including phenoxy) is 1. The Morgan fingerprint density at radius 2 is 1.52 bits per heavy atom. The maximum Gasteiger partial charge on any atom is 0.244 e. The SMILES string of the molecule is COc1ccc(CNC(=O)CN(Cc2ccccc2)S(=O)(=O)c2c(C)cc(C)cc2C)cc1. The van der Waals surface area contributed by atoms with Crippen LogP contribution >= 0.6 is 0 Å². The highest BCUT2D eigenvalue weighted by Crippen LogP contribution is 2.26. The number of aryl methyl sites for hydroxylation is 3. The van der Waals surface area contributed by atoms with Gasteiger partial charge in [0.1, 0.15) is 5.75 Å². The molecule has 0 radical (unpaired) electrons. The summed E-state index contributed by atoms with van der Waals surface area (Å²) in [5.74, 6) is 0.363. The molecular formula is C26H30N2O4S. The number of carbonyl (C=O) groups is 1. The first-order chi connectivity index (χ1) is 15.7. The molecule has 0 aliphatic rings. The van der Waals surface area contributed by atoms with E-state index in [1.165, 1.54) is 4.31 Å². The highest BCUT2D eigenvalue weighted by Gasteiger charge is 2.29. The molecule has 0 bridgehead atoms. The van der Waals surface area contributed by atoms with Gasteiger partial charge in [0.05, 0.1) is 18.6 Å². The number of nitrogens with zero attached hydrogens (tertiary/aromatic N) is 1. The minimum absolute atomic E-state index is 0.103. The monoisotopic (exact) mass is 466 g/mol. The molecule has 0 atom stereocenters. The molecule has 0 unspecified atom stereocenters. The quantitative estimate of drug-likeness (QED) is 0.515. The summed E-state index contributed by atoms with van der Waals surface area (Å²) in [4.78, 5) is 13.1. The predicted octanol–water partition coefficient (Wildman–Crippen LogP) is 4.13. The van der Waals surface area contributed by atoms with E-state index < -0.39 is 10.0 Å². The smallest absolute Gasteiger partial charge is 0.244 e. The molecule has 0 aliphatic heterocycles. The van der Waals surface area contributed by atoms with Crippen LogP contribution < -0.4 is 10.1 Å². The van der Waals surface area contributed by atoms with Gasteiger partial charge in [-0.1, -0.05) is 60.2 Å². The Morgan fingerprint density at radius 3 is 2.09 bits per heavy atom. The number of benzene rings is 3. The molecule has 1 amide bonds. The predicted molar refractivity (Wildman–Crippen MR) is 130 cm³/mol. The van der Waals surface area contributed by atoms with Crippen LogP contribution in [0.15, 0.2) is 71.6 Å². The molecule has 0 heterocycles. The number of carbonyl (C=O) groups excluding carboxylic acids is 1. The maximum absolute atomic E-state index is 13.7. The lowest BCUT2D eigenvalue weighted by molar-refractivity contribution is -0.121. The van der Waals surface area contributed by atoms with Crippen molar-refractivity contribution in [2.24, 2.45) is 0 Å². The van der Waals surface area contributed by atoms with Crippen molar-refractivity contribution in [3.63, 3.8) is 0 Å². The zero-order chi connectivity index (χ0) is 24.0. The Labute approximate surface area is 196 Å². The van der Waals surface area contributed by atoms with E-state index in [1.807, 2.05) is 73.7 Å². The summed E-state index contributed by atoms with van der Waals surface area (Å²) >= 11 is 0. The van der Waals surface area contributed by atoms with Gasteiger partial charge in [-0.15, -0.1) is 0 Å². The number of amides is 1. The maximum atomic E-state index is 13.7. The molecule has 0 spiro atoms. The van der Waals surface area contributed by atoms with Crippen LogP contribution in [0.3, 0.4) is 0 Å². The molecule has 3 aromatic rings. The molecule has 1 N–H and O–H groups in total. The lowest BCUT2D eigenvalue weighted by Gasteiger charge is -2.24. The number of nitrogens with one attached hydrogen (secondary N) is 1. The number of sulfonamides is 1. The third kappa shape index (κ3) is 6.21. The van der Waals surface area contributed by atoms with Crippen molar-refractivity contribution in [2.75, 3.05) is 13.7 Å². The Bertz CT molecular complexity index is 1180. The summed E-state index contributed by atoms with van der Waals surface area (Å²) in [5, 5.41) is 2.83. The van der Waals surface area contributed by atoms with Crippen molar-refractivity contribution in [3.8, 4) is 5.75 Å². The minimum Gasteiger partial charge on any atom is -0.497 e. The van der Waals surface area contributed by atoms with Gasteiger partial charge >= 0.3 is 0 Å². The first kappa shape index (κ1) is 24.5. The van der Waals surface area contributed by atoms with Gasteiger partial charge in [-0.05, 0) is 55.2 Å². The highest BCUT2D eigenvalue weighted by molar-refractivity contribution is 7.89. The fourth-order valence-corrected chi connectivity index (χ4v) is 5.67. The second-order valence-corrected chi connectivity index (χ2v) is 9.99. The summed E-state index contributed by atoms with van der Waals surface area (Å²) in [6.07, 6.45) is 0. The van der Waals surface area contributed by atoms with Crippen LogP contribution in [-0.4, -0.2) is 32.3 Å². The van der Waals surface area contributed by atoms with E-state index in [0.717, 1.165) is 22.4 Å². The summed E-state index contributed by atoms with van der Waals surface area (Å²) < 4.78 is 33.8. The lowest BCUT2D eigenvalue weighted by atomic mass is 10.1.